The van der Waals surface area contributed by atoms with E-state index in [1.165, 1.54) is 0 Å². The Morgan fingerprint density at radius 3 is 2.82 bits per heavy atom. The number of nitrogens with one attached hydrogen (secondary N) is 1. The smallest absolute Gasteiger partial charge is 0.137 e. The standard InChI is InChI=1S/C14H21N3/c1-4-13(11(2)3)15-9-12-10-17-8-6-5-7-14(17)16-12/h5-8,10-11,13,15H,4,9H2,1-3H3. The predicted molar refractivity (Wildman–Crippen MR) is 70.9 cm³/mol. The quantitative estimate of drug-likeness (QED) is 0.857. The molecule has 92 valence electrons. The molecule has 0 aliphatic carbocycles. The summed E-state index contributed by atoms with van der Waals surface area (Å²) in [5.74, 6) is 0.664. The Labute approximate surface area is 103 Å². The van der Waals surface area contributed by atoms with E-state index in [2.05, 4.69) is 41.7 Å². The number of hydrogen-bond acceptors (Lipinski definition) is 2. The van der Waals surface area contributed by atoms with Gasteiger partial charge in [0.1, 0.15) is 5.65 Å². The molecule has 0 spiro atoms. The SMILES string of the molecule is CCC(NCc1cn2ccccc2n1)C(C)C. The van der Waals surface area contributed by atoms with Gasteiger partial charge >= 0.3 is 0 Å². The Morgan fingerprint density at radius 2 is 2.18 bits per heavy atom. The third-order valence-electron chi connectivity index (χ3n) is 3.20. The second-order valence-corrected chi connectivity index (χ2v) is 4.84. The number of hydrogen-bond donors (Lipinski definition) is 1. The van der Waals surface area contributed by atoms with E-state index < -0.39 is 0 Å². The van der Waals surface area contributed by atoms with Crippen LogP contribution in [0.5, 0.6) is 0 Å². The molecule has 17 heavy (non-hydrogen) atoms. The van der Waals surface area contributed by atoms with Gasteiger partial charge in [-0.05, 0) is 24.5 Å². The summed E-state index contributed by atoms with van der Waals surface area (Å²) in [6.07, 6.45) is 5.28. The number of nitrogens with zero attached hydrogens (tertiary/aromatic N) is 2. The first-order valence-electron chi connectivity index (χ1n) is 6.36. The van der Waals surface area contributed by atoms with E-state index in [1.807, 2.05) is 24.4 Å². The fourth-order valence-electron chi connectivity index (χ4n) is 2.16. The van der Waals surface area contributed by atoms with Gasteiger partial charge < -0.3 is 9.72 Å². The van der Waals surface area contributed by atoms with Crippen LogP contribution in [0.25, 0.3) is 5.65 Å². The zero-order valence-electron chi connectivity index (χ0n) is 10.9. The van der Waals surface area contributed by atoms with E-state index in [0.717, 1.165) is 24.3 Å². The van der Waals surface area contributed by atoms with Crippen molar-refractivity contribution in [3.05, 3.63) is 36.3 Å². The van der Waals surface area contributed by atoms with Crippen LogP contribution in [-0.2, 0) is 6.54 Å². The lowest BCUT2D eigenvalue weighted by molar-refractivity contribution is 0.386. The highest BCUT2D eigenvalue weighted by molar-refractivity contribution is 5.39. The van der Waals surface area contributed by atoms with Crippen LogP contribution in [0.3, 0.4) is 0 Å². The Kier molecular flexibility index (Phi) is 3.79. The zero-order chi connectivity index (χ0) is 12.3. The second kappa shape index (κ2) is 5.32. The van der Waals surface area contributed by atoms with Crippen LogP contribution in [0, 0.1) is 5.92 Å². The maximum atomic E-state index is 4.58. The van der Waals surface area contributed by atoms with Gasteiger partial charge in [-0.15, -0.1) is 0 Å². The van der Waals surface area contributed by atoms with Gasteiger partial charge in [0.2, 0.25) is 0 Å². The number of rotatable bonds is 5. The topological polar surface area (TPSA) is 29.3 Å². The fourth-order valence-corrected chi connectivity index (χ4v) is 2.16. The fraction of sp³-hybridized carbons (Fsp3) is 0.500. The number of imidazole rings is 1. The van der Waals surface area contributed by atoms with Gasteiger partial charge in [-0.2, -0.15) is 0 Å². The molecule has 1 atom stereocenters. The summed E-state index contributed by atoms with van der Waals surface area (Å²) in [6, 6.07) is 6.64. The van der Waals surface area contributed by atoms with Crippen molar-refractivity contribution < 1.29 is 0 Å². The molecule has 0 saturated heterocycles. The zero-order valence-corrected chi connectivity index (χ0v) is 10.9. The van der Waals surface area contributed by atoms with E-state index >= 15 is 0 Å². The molecule has 1 unspecified atom stereocenters. The summed E-state index contributed by atoms with van der Waals surface area (Å²) in [5, 5.41) is 3.57. The Bertz CT molecular complexity index is 440. The van der Waals surface area contributed by atoms with Crippen LogP contribution in [0.15, 0.2) is 30.6 Å². The van der Waals surface area contributed by atoms with Crippen molar-refractivity contribution >= 4 is 5.65 Å². The molecule has 3 nitrogen and oxygen atoms in total. The maximum absolute atomic E-state index is 4.58. The molecule has 0 aliphatic heterocycles. The van der Waals surface area contributed by atoms with Gasteiger partial charge in [0.15, 0.2) is 0 Å². The van der Waals surface area contributed by atoms with Gasteiger partial charge in [0.25, 0.3) is 0 Å². The lowest BCUT2D eigenvalue weighted by Crippen LogP contribution is -2.32. The second-order valence-electron chi connectivity index (χ2n) is 4.84. The number of fused-ring (bicyclic) bond motifs is 1. The minimum Gasteiger partial charge on any atom is -0.308 e. The molecule has 0 bridgehead atoms. The van der Waals surface area contributed by atoms with Crippen LogP contribution < -0.4 is 5.32 Å². The monoisotopic (exact) mass is 231 g/mol. The van der Waals surface area contributed by atoms with Crippen molar-refractivity contribution in [1.82, 2.24) is 14.7 Å². The molecule has 3 heteroatoms. The molecule has 0 aliphatic rings. The third kappa shape index (κ3) is 2.86. The molecule has 2 rings (SSSR count). The first-order valence-corrected chi connectivity index (χ1v) is 6.36. The normalized spacial score (nSPS) is 13.4. The first kappa shape index (κ1) is 12.1. The molecule has 0 amide bonds. The summed E-state index contributed by atoms with van der Waals surface area (Å²) in [7, 11) is 0. The molecule has 1 N–H and O–H groups in total. The van der Waals surface area contributed by atoms with E-state index in [-0.39, 0.29) is 0 Å². The number of pyridine rings is 1. The van der Waals surface area contributed by atoms with Crippen molar-refractivity contribution in [2.75, 3.05) is 0 Å². The molecule has 0 fully saturated rings. The van der Waals surface area contributed by atoms with Crippen molar-refractivity contribution in [3.8, 4) is 0 Å². The molecule has 2 heterocycles. The van der Waals surface area contributed by atoms with E-state index in [4.69, 9.17) is 0 Å². The van der Waals surface area contributed by atoms with Crippen molar-refractivity contribution in [2.24, 2.45) is 5.92 Å². The van der Waals surface area contributed by atoms with Crippen LogP contribution in [0.4, 0.5) is 0 Å². The molecular weight excluding hydrogens is 210 g/mol. The molecule has 0 saturated carbocycles. The number of aromatic nitrogens is 2. The van der Waals surface area contributed by atoms with Crippen LogP contribution >= 0.6 is 0 Å². The van der Waals surface area contributed by atoms with E-state index in [9.17, 15) is 0 Å². The Balaban J connectivity index is 2.03. The van der Waals surface area contributed by atoms with E-state index in [0.29, 0.717) is 12.0 Å². The van der Waals surface area contributed by atoms with Crippen molar-refractivity contribution in [3.63, 3.8) is 0 Å². The van der Waals surface area contributed by atoms with Crippen LogP contribution in [0.2, 0.25) is 0 Å². The van der Waals surface area contributed by atoms with Gasteiger partial charge in [-0.25, -0.2) is 4.98 Å². The van der Waals surface area contributed by atoms with Gasteiger partial charge in [0.05, 0.1) is 5.69 Å². The molecule has 2 aromatic rings. The lowest BCUT2D eigenvalue weighted by atomic mass is 10.0. The van der Waals surface area contributed by atoms with Crippen LogP contribution in [0.1, 0.15) is 32.9 Å². The van der Waals surface area contributed by atoms with Gasteiger partial charge in [-0.1, -0.05) is 26.8 Å². The molecule has 0 aromatic carbocycles. The minimum absolute atomic E-state index is 0.569. The summed E-state index contributed by atoms with van der Waals surface area (Å²) in [4.78, 5) is 4.58. The van der Waals surface area contributed by atoms with E-state index in [1.54, 1.807) is 0 Å². The summed E-state index contributed by atoms with van der Waals surface area (Å²) in [5.41, 5.74) is 2.12. The predicted octanol–water partition coefficient (Wildman–Crippen LogP) is 2.86. The average molecular weight is 231 g/mol. The Morgan fingerprint density at radius 1 is 1.35 bits per heavy atom. The van der Waals surface area contributed by atoms with Gasteiger partial charge in [0, 0.05) is 25.0 Å². The van der Waals surface area contributed by atoms with Crippen molar-refractivity contribution in [1.29, 1.82) is 0 Å². The average Bonchev–Trinajstić information content (AvgIpc) is 2.71. The third-order valence-corrected chi connectivity index (χ3v) is 3.20. The minimum atomic E-state index is 0.569. The molecule has 2 aromatic heterocycles. The highest BCUT2D eigenvalue weighted by Crippen LogP contribution is 2.08. The van der Waals surface area contributed by atoms with Crippen molar-refractivity contribution in [2.45, 2.75) is 39.8 Å². The first-order chi connectivity index (χ1) is 8.20. The lowest BCUT2D eigenvalue weighted by Gasteiger charge is -2.19. The summed E-state index contributed by atoms with van der Waals surface area (Å²) < 4.78 is 2.06. The summed E-state index contributed by atoms with van der Waals surface area (Å²) >= 11 is 0. The largest absolute Gasteiger partial charge is 0.308 e. The van der Waals surface area contributed by atoms with Crippen LogP contribution in [-0.4, -0.2) is 15.4 Å². The maximum Gasteiger partial charge on any atom is 0.137 e. The van der Waals surface area contributed by atoms with Gasteiger partial charge in [-0.3, -0.25) is 0 Å². The molecule has 0 radical (unpaired) electrons. The highest BCUT2D eigenvalue weighted by atomic mass is 15.0. The highest BCUT2D eigenvalue weighted by Gasteiger charge is 2.10. The Hall–Kier alpha value is -1.35. The summed E-state index contributed by atoms with van der Waals surface area (Å²) in [6.45, 7) is 7.58. The molecular formula is C14H21N3.